The third-order valence-corrected chi connectivity index (χ3v) is 9.29. The maximum atomic E-state index is 6.04. The molecule has 18 heavy (non-hydrogen) atoms. The van der Waals surface area contributed by atoms with Gasteiger partial charge in [0.2, 0.25) is 0 Å². The Balaban J connectivity index is 5.77. The van der Waals surface area contributed by atoms with Crippen molar-refractivity contribution in [3.63, 3.8) is 0 Å². The van der Waals surface area contributed by atoms with Gasteiger partial charge >= 0.3 is 8.72 Å². The molecule has 0 radical (unpaired) electrons. The van der Waals surface area contributed by atoms with E-state index in [0.717, 1.165) is 0 Å². The zero-order valence-electron chi connectivity index (χ0n) is 14.0. The van der Waals surface area contributed by atoms with Crippen LogP contribution in [0.5, 0.6) is 0 Å². The van der Waals surface area contributed by atoms with E-state index < -0.39 is 8.72 Å². The minimum absolute atomic E-state index is 0.0189. The van der Waals surface area contributed by atoms with Gasteiger partial charge in [-0.15, -0.1) is 0 Å². The summed E-state index contributed by atoms with van der Waals surface area (Å²) in [6.45, 7) is 17.9. The lowest BCUT2D eigenvalue weighted by Gasteiger charge is -2.52. The maximum Gasteiger partial charge on any atom is 0.433 e. The summed E-state index contributed by atoms with van der Waals surface area (Å²) in [4.78, 5) is 0. The van der Waals surface area contributed by atoms with Crippen LogP contribution < -0.4 is 0 Å². The number of rotatable bonds is 7. The standard InChI is InChI=1S/C14H33NO2Si/c1-11(2)14(7,8)18(16-9,17-10)15(12(3)4)13(5)6/h11-13H,1-10H3. The predicted octanol–water partition coefficient (Wildman–Crippen LogP) is 3.77. The van der Waals surface area contributed by atoms with Crippen molar-refractivity contribution in [3.05, 3.63) is 0 Å². The Labute approximate surface area is 115 Å². The molecule has 0 rings (SSSR count). The van der Waals surface area contributed by atoms with Gasteiger partial charge in [0, 0.05) is 31.3 Å². The summed E-state index contributed by atoms with van der Waals surface area (Å²) in [5.41, 5.74) is 0. The quantitative estimate of drug-likeness (QED) is 0.660. The first-order chi connectivity index (χ1) is 8.08. The van der Waals surface area contributed by atoms with Crippen LogP contribution in [0.15, 0.2) is 0 Å². The molecule has 0 atom stereocenters. The first-order valence-electron chi connectivity index (χ1n) is 6.97. The summed E-state index contributed by atoms with van der Waals surface area (Å²) in [6, 6.07) is 0.823. The summed E-state index contributed by atoms with van der Waals surface area (Å²) in [5, 5.41) is 0.0189. The van der Waals surface area contributed by atoms with E-state index in [4.69, 9.17) is 8.85 Å². The Morgan fingerprint density at radius 2 is 1.17 bits per heavy atom. The molecule has 0 aliphatic carbocycles. The highest BCUT2D eigenvalue weighted by Gasteiger charge is 2.59. The molecule has 110 valence electrons. The summed E-state index contributed by atoms with van der Waals surface area (Å²) in [7, 11) is 1.15. The highest BCUT2D eigenvalue weighted by molar-refractivity contribution is 6.68. The Bertz CT molecular complexity index is 240. The minimum atomic E-state index is -2.46. The van der Waals surface area contributed by atoms with Gasteiger partial charge in [0.25, 0.3) is 0 Å². The van der Waals surface area contributed by atoms with Gasteiger partial charge in [0.05, 0.1) is 0 Å². The van der Waals surface area contributed by atoms with Crippen LogP contribution in [0, 0.1) is 5.92 Å². The molecule has 0 aliphatic heterocycles. The van der Waals surface area contributed by atoms with Crippen molar-refractivity contribution in [3.8, 4) is 0 Å². The van der Waals surface area contributed by atoms with E-state index in [9.17, 15) is 0 Å². The van der Waals surface area contributed by atoms with Gasteiger partial charge in [-0.05, 0) is 5.92 Å². The third-order valence-electron chi connectivity index (χ3n) is 4.26. The van der Waals surface area contributed by atoms with E-state index in [1.807, 2.05) is 0 Å². The van der Waals surface area contributed by atoms with Crippen molar-refractivity contribution >= 4 is 8.72 Å². The van der Waals surface area contributed by atoms with E-state index >= 15 is 0 Å². The van der Waals surface area contributed by atoms with E-state index in [1.54, 1.807) is 14.2 Å². The van der Waals surface area contributed by atoms with Gasteiger partial charge in [0.15, 0.2) is 0 Å². The molecule has 0 spiro atoms. The van der Waals surface area contributed by atoms with Gasteiger partial charge in [0.1, 0.15) is 0 Å². The van der Waals surface area contributed by atoms with Crippen LogP contribution in [0.2, 0.25) is 5.04 Å². The number of hydrogen-bond acceptors (Lipinski definition) is 3. The molecule has 0 heterocycles. The van der Waals surface area contributed by atoms with Crippen molar-refractivity contribution in [2.45, 2.75) is 72.5 Å². The van der Waals surface area contributed by atoms with Crippen molar-refractivity contribution in [2.75, 3.05) is 14.2 Å². The Morgan fingerprint density at radius 3 is 1.33 bits per heavy atom. The summed E-state index contributed by atoms with van der Waals surface area (Å²) in [5.74, 6) is 0.504. The zero-order chi connectivity index (χ0) is 14.7. The molecule has 0 unspecified atom stereocenters. The second kappa shape index (κ2) is 6.50. The van der Waals surface area contributed by atoms with Crippen molar-refractivity contribution < 1.29 is 8.85 Å². The second-order valence-electron chi connectivity index (χ2n) is 6.46. The molecule has 0 amide bonds. The summed E-state index contributed by atoms with van der Waals surface area (Å²) in [6.07, 6.45) is 0. The molecule has 3 nitrogen and oxygen atoms in total. The van der Waals surface area contributed by atoms with Crippen molar-refractivity contribution in [1.82, 2.24) is 4.57 Å². The van der Waals surface area contributed by atoms with E-state index in [1.165, 1.54) is 0 Å². The molecule has 0 saturated heterocycles. The average Bonchev–Trinajstić information content (AvgIpc) is 2.23. The molecule has 0 aliphatic rings. The second-order valence-corrected chi connectivity index (χ2v) is 10.2. The van der Waals surface area contributed by atoms with Gasteiger partial charge in [-0.1, -0.05) is 55.4 Å². The van der Waals surface area contributed by atoms with Crippen LogP contribution in [0.4, 0.5) is 0 Å². The molecule has 0 N–H and O–H groups in total. The predicted molar refractivity (Wildman–Crippen MR) is 80.8 cm³/mol. The van der Waals surface area contributed by atoms with Crippen molar-refractivity contribution in [2.24, 2.45) is 5.92 Å². The van der Waals surface area contributed by atoms with Crippen LogP contribution in [0.3, 0.4) is 0 Å². The monoisotopic (exact) mass is 275 g/mol. The molecule has 0 aromatic rings. The van der Waals surface area contributed by atoms with Gasteiger partial charge in [-0.25, -0.2) is 0 Å². The van der Waals surface area contributed by atoms with E-state index in [0.29, 0.717) is 18.0 Å². The molecule has 0 bridgehead atoms. The summed E-state index contributed by atoms with van der Waals surface area (Å²) < 4.78 is 14.5. The van der Waals surface area contributed by atoms with Gasteiger partial charge in [-0.3, -0.25) is 4.57 Å². The molecular formula is C14H33NO2Si. The van der Waals surface area contributed by atoms with Crippen LogP contribution in [0.25, 0.3) is 0 Å². The molecule has 4 heteroatoms. The summed E-state index contributed by atoms with van der Waals surface area (Å²) >= 11 is 0. The smallest absolute Gasteiger partial charge is 0.386 e. The first kappa shape index (κ1) is 18.1. The SMILES string of the molecule is CO[Si](OC)(N(C(C)C)C(C)C)C(C)(C)C(C)C. The largest absolute Gasteiger partial charge is 0.433 e. The highest BCUT2D eigenvalue weighted by atomic mass is 28.4. The van der Waals surface area contributed by atoms with Crippen LogP contribution in [-0.4, -0.2) is 39.6 Å². The highest BCUT2D eigenvalue weighted by Crippen LogP contribution is 2.47. The van der Waals surface area contributed by atoms with Gasteiger partial charge < -0.3 is 8.85 Å². The lowest BCUT2D eigenvalue weighted by Crippen LogP contribution is -2.68. The molecule has 0 aromatic carbocycles. The Kier molecular flexibility index (Phi) is 6.54. The maximum absolute atomic E-state index is 6.04. The third kappa shape index (κ3) is 2.98. The lowest BCUT2D eigenvalue weighted by molar-refractivity contribution is 0.0905. The number of nitrogens with zero attached hydrogens (tertiary/aromatic N) is 1. The van der Waals surface area contributed by atoms with Crippen LogP contribution >= 0.6 is 0 Å². The zero-order valence-corrected chi connectivity index (χ0v) is 15.0. The first-order valence-corrected chi connectivity index (χ1v) is 8.73. The minimum Gasteiger partial charge on any atom is -0.386 e. The molecule has 0 saturated carbocycles. The van der Waals surface area contributed by atoms with Crippen molar-refractivity contribution in [1.29, 1.82) is 0 Å². The fourth-order valence-corrected chi connectivity index (χ4v) is 7.19. The van der Waals surface area contributed by atoms with Crippen LogP contribution in [-0.2, 0) is 8.85 Å². The van der Waals surface area contributed by atoms with E-state index in [-0.39, 0.29) is 5.04 Å². The van der Waals surface area contributed by atoms with Gasteiger partial charge in [-0.2, -0.15) is 0 Å². The normalized spacial score (nSPS) is 14.3. The molecular weight excluding hydrogens is 242 g/mol. The Hall–Kier alpha value is 0.0969. The Morgan fingerprint density at radius 1 is 0.833 bits per heavy atom. The van der Waals surface area contributed by atoms with E-state index in [2.05, 4.69) is 60.0 Å². The fourth-order valence-electron chi connectivity index (χ4n) is 2.79. The fraction of sp³-hybridized carbons (Fsp3) is 1.00. The molecule has 0 aromatic heterocycles. The lowest BCUT2D eigenvalue weighted by atomic mass is 9.99. The average molecular weight is 276 g/mol. The van der Waals surface area contributed by atoms with Crippen LogP contribution in [0.1, 0.15) is 55.4 Å². The number of hydrogen-bond donors (Lipinski definition) is 0. The molecule has 0 fully saturated rings. The topological polar surface area (TPSA) is 21.7 Å².